The van der Waals surface area contributed by atoms with Crippen molar-refractivity contribution in [1.29, 1.82) is 0 Å². The van der Waals surface area contributed by atoms with Crippen molar-refractivity contribution in [2.24, 2.45) is 0 Å². The number of aromatic hydroxyl groups is 1. The monoisotopic (exact) mass is 351 g/mol. The van der Waals surface area contributed by atoms with Gasteiger partial charge in [-0.3, -0.25) is 4.79 Å². The molecule has 0 aliphatic carbocycles. The largest absolute Gasteiger partial charge is 0.508 e. The first-order chi connectivity index (χ1) is 11.0. The normalized spacial score (nSPS) is 11.8. The van der Waals surface area contributed by atoms with Gasteiger partial charge in [-0.2, -0.15) is 0 Å². The molecule has 2 aromatic rings. The fraction of sp³-hybridized carbons (Fsp3) is 0.250. The summed E-state index contributed by atoms with van der Waals surface area (Å²) in [6.07, 6.45) is 1.84. The molecule has 0 aliphatic heterocycles. The molecular weight excluding hydrogens is 334 g/mol. The van der Waals surface area contributed by atoms with Crippen LogP contribution in [-0.4, -0.2) is 30.3 Å². The fourth-order valence-electron chi connectivity index (χ4n) is 2.09. The highest BCUT2D eigenvalue weighted by Gasteiger charge is 2.21. The minimum atomic E-state index is -0.460. The predicted octanol–water partition coefficient (Wildman–Crippen LogP) is 3.45. The Balaban J connectivity index is 2.22. The van der Waals surface area contributed by atoms with E-state index in [4.69, 9.17) is 4.74 Å². The molecule has 1 aromatic carbocycles. The van der Waals surface area contributed by atoms with E-state index in [2.05, 4.69) is 5.32 Å². The van der Waals surface area contributed by atoms with Gasteiger partial charge in [0.15, 0.2) is 0 Å². The van der Waals surface area contributed by atoms with Crippen LogP contribution in [0, 0.1) is 0 Å². The number of thioether (sulfide) groups is 1. The Morgan fingerprint density at radius 2 is 2.04 bits per heavy atom. The molecule has 1 aromatic heterocycles. The molecule has 0 saturated heterocycles. The van der Waals surface area contributed by atoms with Gasteiger partial charge in [-0.05, 0) is 25.3 Å². The molecule has 0 saturated carbocycles. The zero-order valence-electron chi connectivity index (χ0n) is 13.0. The van der Waals surface area contributed by atoms with Gasteiger partial charge < -0.3 is 15.2 Å². The molecule has 0 aliphatic rings. The molecule has 0 bridgehead atoms. The molecule has 0 spiro atoms. The molecule has 23 heavy (non-hydrogen) atoms. The average Bonchev–Trinajstić information content (AvgIpc) is 2.98. The van der Waals surface area contributed by atoms with Crippen LogP contribution in [0.1, 0.15) is 38.6 Å². The molecule has 5 nitrogen and oxygen atoms in total. The van der Waals surface area contributed by atoms with Crippen LogP contribution in [0.3, 0.4) is 0 Å². The Hall–Kier alpha value is -1.99. The van der Waals surface area contributed by atoms with E-state index < -0.39 is 5.97 Å². The minimum absolute atomic E-state index is 0.131. The summed E-state index contributed by atoms with van der Waals surface area (Å²) in [5.74, 6) is -0.624. The van der Waals surface area contributed by atoms with Crippen molar-refractivity contribution in [2.75, 3.05) is 13.4 Å². The second-order valence-electron chi connectivity index (χ2n) is 4.76. The molecule has 1 heterocycles. The standard InChI is InChI=1S/C16H17NO4S2/c1-9(10-6-4-5-7-12(10)18)17-14(19)11-8-13(15(20)21-2)23-16(11)22-3/h4-9,18H,1-3H3,(H,17,19). The average molecular weight is 351 g/mol. The topological polar surface area (TPSA) is 75.6 Å². The van der Waals surface area contributed by atoms with E-state index in [0.29, 0.717) is 16.0 Å². The number of carbonyl (C=O) groups excluding carboxylic acids is 2. The molecule has 1 atom stereocenters. The number of hydrogen-bond acceptors (Lipinski definition) is 6. The van der Waals surface area contributed by atoms with Crippen molar-refractivity contribution in [1.82, 2.24) is 5.32 Å². The van der Waals surface area contributed by atoms with Gasteiger partial charge in [0.25, 0.3) is 5.91 Å². The van der Waals surface area contributed by atoms with E-state index in [1.165, 1.54) is 36.3 Å². The van der Waals surface area contributed by atoms with Crippen LogP contribution in [-0.2, 0) is 4.74 Å². The number of para-hydroxylation sites is 1. The van der Waals surface area contributed by atoms with Crippen molar-refractivity contribution in [2.45, 2.75) is 17.2 Å². The quantitative estimate of drug-likeness (QED) is 0.637. The van der Waals surface area contributed by atoms with Crippen molar-refractivity contribution in [3.63, 3.8) is 0 Å². The Bertz CT molecular complexity index is 727. The van der Waals surface area contributed by atoms with Gasteiger partial charge in [-0.15, -0.1) is 23.1 Å². The molecule has 1 amide bonds. The van der Waals surface area contributed by atoms with E-state index in [-0.39, 0.29) is 17.7 Å². The highest BCUT2D eigenvalue weighted by Crippen LogP contribution is 2.32. The summed E-state index contributed by atoms with van der Waals surface area (Å²) in [6, 6.07) is 8.02. The summed E-state index contributed by atoms with van der Waals surface area (Å²) >= 11 is 2.62. The third kappa shape index (κ3) is 3.86. The van der Waals surface area contributed by atoms with Gasteiger partial charge in [-0.1, -0.05) is 18.2 Å². The number of benzene rings is 1. The fourth-order valence-corrected chi connectivity index (χ4v) is 3.87. The van der Waals surface area contributed by atoms with Crippen LogP contribution in [0.2, 0.25) is 0 Å². The Labute approximate surface area is 142 Å². The van der Waals surface area contributed by atoms with Gasteiger partial charge in [0.2, 0.25) is 0 Å². The maximum absolute atomic E-state index is 12.5. The maximum atomic E-state index is 12.5. The number of methoxy groups -OCH3 is 1. The first-order valence-corrected chi connectivity index (χ1v) is 8.87. The molecule has 1 unspecified atom stereocenters. The summed E-state index contributed by atoms with van der Waals surface area (Å²) in [5.41, 5.74) is 1.07. The number of esters is 1. The number of hydrogen-bond donors (Lipinski definition) is 2. The smallest absolute Gasteiger partial charge is 0.348 e. The Morgan fingerprint density at radius 3 is 2.65 bits per heavy atom. The molecule has 2 N–H and O–H groups in total. The van der Waals surface area contributed by atoms with Gasteiger partial charge in [0, 0.05) is 5.56 Å². The van der Waals surface area contributed by atoms with Crippen LogP contribution in [0.4, 0.5) is 0 Å². The predicted molar refractivity (Wildman–Crippen MR) is 91.4 cm³/mol. The van der Waals surface area contributed by atoms with Crippen molar-refractivity contribution in [3.05, 3.63) is 46.3 Å². The first-order valence-electron chi connectivity index (χ1n) is 6.82. The van der Waals surface area contributed by atoms with Crippen molar-refractivity contribution in [3.8, 4) is 5.75 Å². The third-order valence-corrected chi connectivity index (χ3v) is 5.52. The number of carbonyl (C=O) groups is 2. The van der Waals surface area contributed by atoms with Crippen molar-refractivity contribution >= 4 is 35.0 Å². The summed E-state index contributed by atoms with van der Waals surface area (Å²) in [7, 11) is 1.31. The molecular formula is C16H17NO4S2. The van der Waals surface area contributed by atoms with Gasteiger partial charge >= 0.3 is 5.97 Å². The molecule has 7 heteroatoms. The van der Waals surface area contributed by atoms with Gasteiger partial charge in [0.05, 0.1) is 22.9 Å². The lowest BCUT2D eigenvalue weighted by molar-refractivity contribution is 0.0606. The summed E-state index contributed by atoms with van der Waals surface area (Å²) in [5, 5.41) is 12.7. The van der Waals surface area contributed by atoms with Crippen LogP contribution in [0.5, 0.6) is 5.75 Å². The van der Waals surface area contributed by atoms with E-state index in [1.54, 1.807) is 31.2 Å². The zero-order chi connectivity index (χ0) is 17.0. The number of nitrogens with one attached hydrogen (secondary N) is 1. The lowest BCUT2D eigenvalue weighted by Gasteiger charge is -2.15. The summed E-state index contributed by atoms with van der Waals surface area (Å²) < 4.78 is 5.44. The van der Waals surface area contributed by atoms with E-state index >= 15 is 0 Å². The summed E-state index contributed by atoms with van der Waals surface area (Å²) in [6.45, 7) is 1.79. The number of amides is 1. The summed E-state index contributed by atoms with van der Waals surface area (Å²) in [4.78, 5) is 24.5. The number of phenolic OH excluding ortho intramolecular Hbond substituents is 1. The van der Waals surface area contributed by atoms with Crippen molar-refractivity contribution < 1.29 is 19.4 Å². The highest BCUT2D eigenvalue weighted by atomic mass is 32.2. The molecule has 0 radical (unpaired) electrons. The number of phenols is 1. The zero-order valence-corrected chi connectivity index (χ0v) is 14.6. The Morgan fingerprint density at radius 1 is 1.35 bits per heavy atom. The lowest BCUT2D eigenvalue weighted by Crippen LogP contribution is -2.26. The molecule has 2 rings (SSSR count). The number of thiophene rings is 1. The van der Waals surface area contributed by atoms with Gasteiger partial charge in [0.1, 0.15) is 10.6 Å². The lowest BCUT2D eigenvalue weighted by atomic mass is 10.1. The minimum Gasteiger partial charge on any atom is -0.508 e. The number of rotatable bonds is 5. The second kappa shape index (κ2) is 7.52. The van der Waals surface area contributed by atoms with Crippen LogP contribution in [0.25, 0.3) is 0 Å². The third-order valence-electron chi connectivity index (χ3n) is 3.27. The van der Waals surface area contributed by atoms with E-state index in [0.717, 1.165) is 4.21 Å². The number of ether oxygens (including phenoxy) is 1. The Kier molecular flexibility index (Phi) is 5.68. The highest BCUT2D eigenvalue weighted by molar-refractivity contribution is 8.00. The first kappa shape index (κ1) is 17.4. The van der Waals surface area contributed by atoms with Crippen LogP contribution in [0.15, 0.2) is 34.5 Å². The van der Waals surface area contributed by atoms with Gasteiger partial charge in [-0.25, -0.2) is 4.79 Å². The SMILES string of the molecule is COC(=O)c1cc(C(=O)NC(C)c2ccccc2O)c(SC)s1. The van der Waals surface area contributed by atoms with E-state index in [9.17, 15) is 14.7 Å². The van der Waals surface area contributed by atoms with Crippen LogP contribution >= 0.6 is 23.1 Å². The maximum Gasteiger partial charge on any atom is 0.348 e. The second-order valence-corrected chi connectivity index (χ2v) is 6.89. The molecule has 0 fully saturated rings. The molecule has 122 valence electrons. The van der Waals surface area contributed by atoms with E-state index in [1.807, 2.05) is 6.26 Å². The van der Waals surface area contributed by atoms with Crippen LogP contribution < -0.4 is 5.32 Å².